The maximum Gasteiger partial charge on any atom is 0.280 e. The third-order valence-corrected chi connectivity index (χ3v) is 6.20. The number of hydrazone groups is 1. The minimum atomic E-state index is -0.914. The number of ether oxygens (including phenoxy) is 2. The Morgan fingerprint density at radius 2 is 2.06 bits per heavy atom. The SMILES string of the molecule is CCCCSC1=NN2C(=c3ccccc3=N[C@@H]2c2cc3c(cc2[N+](=O)[O-])OCO3)C(=O)N1. The number of fused-ring (bicyclic) bond motifs is 3. The van der Waals surface area contributed by atoms with Crippen molar-refractivity contribution >= 4 is 34.2 Å². The standard InChI is InChI=1S/C21H19N5O5S/c1-2-3-8-32-21-23-20(27)18-12-6-4-5-7-14(12)22-19(25(18)24-21)13-9-16-17(31-11-30-16)10-15(13)26(28)29/h4-7,9-10,19H,2-3,8,11H2,1H3,(H,23,24,27)/t19-/m0/s1. The van der Waals surface area contributed by atoms with Gasteiger partial charge in [0.25, 0.3) is 11.6 Å². The molecule has 0 radical (unpaired) electrons. The molecule has 0 fully saturated rings. The fourth-order valence-electron chi connectivity index (χ4n) is 3.72. The smallest absolute Gasteiger partial charge is 0.280 e. The lowest BCUT2D eigenvalue weighted by atomic mass is 10.1. The first-order valence-corrected chi connectivity index (χ1v) is 11.1. The molecule has 1 amide bonds. The van der Waals surface area contributed by atoms with Crippen molar-refractivity contribution in [2.75, 3.05) is 12.5 Å². The van der Waals surface area contributed by atoms with Crippen LogP contribution in [0.25, 0.3) is 5.70 Å². The van der Waals surface area contributed by atoms with Crippen molar-refractivity contribution in [1.82, 2.24) is 10.3 Å². The van der Waals surface area contributed by atoms with Gasteiger partial charge in [-0.2, -0.15) is 0 Å². The number of carbonyl (C=O) groups is 1. The van der Waals surface area contributed by atoms with Gasteiger partial charge >= 0.3 is 0 Å². The average Bonchev–Trinajstić information content (AvgIpc) is 3.25. The van der Waals surface area contributed by atoms with E-state index in [1.165, 1.54) is 22.8 Å². The highest BCUT2D eigenvalue weighted by Gasteiger charge is 2.38. The van der Waals surface area contributed by atoms with Crippen molar-refractivity contribution in [3.63, 3.8) is 0 Å². The van der Waals surface area contributed by atoms with E-state index in [1.54, 1.807) is 24.3 Å². The normalized spacial score (nSPS) is 18.3. The van der Waals surface area contributed by atoms with E-state index in [4.69, 9.17) is 14.5 Å². The molecule has 5 rings (SSSR count). The van der Waals surface area contributed by atoms with Crippen LogP contribution in [0.15, 0.2) is 46.5 Å². The van der Waals surface area contributed by atoms with Crippen LogP contribution in [-0.4, -0.2) is 33.6 Å². The van der Waals surface area contributed by atoms with E-state index in [-0.39, 0.29) is 24.0 Å². The Morgan fingerprint density at radius 3 is 2.84 bits per heavy atom. The number of hydrogen-bond donors (Lipinski definition) is 1. The molecule has 11 heteroatoms. The number of amidine groups is 1. The van der Waals surface area contributed by atoms with Crippen molar-refractivity contribution in [1.29, 1.82) is 0 Å². The highest BCUT2D eigenvalue weighted by Crippen LogP contribution is 2.43. The van der Waals surface area contributed by atoms with Gasteiger partial charge in [0.15, 0.2) is 22.8 Å². The van der Waals surface area contributed by atoms with Crippen LogP contribution in [-0.2, 0) is 4.79 Å². The zero-order chi connectivity index (χ0) is 22.2. The minimum absolute atomic E-state index is 0.0134. The number of carbonyl (C=O) groups excluding carboxylic acids is 1. The second kappa shape index (κ2) is 8.15. The largest absolute Gasteiger partial charge is 0.454 e. The number of benzene rings is 2. The average molecular weight is 453 g/mol. The second-order valence-electron chi connectivity index (χ2n) is 7.30. The lowest BCUT2D eigenvalue weighted by molar-refractivity contribution is -0.386. The lowest BCUT2D eigenvalue weighted by Gasteiger charge is -2.33. The quantitative estimate of drug-likeness (QED) is 0.418. The molecule has 3 aliphatic heterocycles. The van der Waals surface area contributed by atoms with Gasteiger partial charge in [-0.25, -0.2) is 5.01 Å². The van der Waals surface area contributed by atoms with E-state index in [1.807, 2.05) is 6.07 Å². The Labute approximate surface area is 186 Å². The molecule has 1 N–H and O–H groups in total. The molecular weight excluding hydrogens is 434 g/mol. The Kier molecular flexibility index (Phi) is 5.17. The third-order valence-electron chi connectivity index (χ3n) is 5.25. The maximum atomic E-state index is 13.1. The molecule has 0 saturated carbocycles. The molecule has 0 bridgehead atoms. The number of nitrogens with zero attached hydrogens (tertiary/aromatic N) is 4. The van der Waals surface area contributed by atoms with E-state index in [9.17, 15) is 14.9 Å². The first-order valence-electron chi connectivity index (χ1n) is 10.1. The number of nitro groups is 1. The Hall–Kier alpha value is -3.60. The summed E-state index contributed by atoms with van der Waals surface area (Å²) in [7, 11) is 0. The fourth-order valence-corrected chi connectivity index (χ4v) is 4.66. The highest BCUT2D eigenvalue weighted by molar-refractivity contribution is 8.13. The second-order valence-corrected chi connectivity index (χ2v) is 8.38. The number of para-hydroxylation sites is 1. The molecule has 0 unspecified atom stereocenters. The zero-order valence-corrected chi connectivity index (χ0v) is 17.9. The highest BCUT2D eigenvalue weighted by atomic mass is 32.2. The van der Waals surface area contributed by atoms with Crippen LogP contribution in [0.3, 0.4) is 0 Å². The van der Waals surface area contributed by atoms with Crippen LogP contribution in [0.5, 0.6) is 11.5 Å². The molecule has 3 heterocycles. The summed E-state index contributed by atoms with van der Waals surface area (Å²) in [6.45, 7) is 2.07. The predicted molar refractivity (Wildman–Crippen MR) is 117 cm³/mol. The van der Waals surface area contributed by atoms with Crippen LogP contribution >= 0.6 is 11.8 Å². The van der Waals surface area contributed by atoms with Crippen LogP contribution in [0.1, 0.15) is 31.5 Å². The van der Waals surface area contributed by atoms with Gasteiger partial charge in [0.1, 0.15) is 5.70 Å². The van der Waals surface area contributed by atoms with E-state index >= 15 is 0 Å². The fraction of sp³-hybridized carbons (Fsp3) is 0.286. The van der Waals surface area contributed by atoms with Crippen LogP contribution in [0, 0.1) is 10.1 Å². The van der Waals surface area contributed by atoms with Crippen molar-refractivity contribution in [3.8, 4) is 11.5 Å². The van der Waals surface area contributed by atoms with Gasteiger partial charge in [-0.3, -0.25) is 25.2 Å². The van der Waals surface area contributed by atoms with Gasteiger partial charge in [0.05, 0.1) is 21.9 Å². The molecule has 0 spiro atoms. The van der Waals surface area contributed by atoms with E-state index in [0.29, 0.717) is 32.9 Å². The maximum absolute atomic E-state index is 13.1. The van der Waals surface area contributed by atoms with E-state index in [0.717, 1.165) is 18.6 Å². The first kappa shape index (κ1) is 20.3. The van der Waals surface area contributed by atoms with Gasteiger partial charge in [0, 0.05) is 11.0 Å². The van der Waals surface area contributed by atoms with Gasteiger partial charge in [-0.15, -0.1) is 5.10 Å². The monoisotopic (exact) mass is 453 g/mol. The van der Waals surface area contributed by atoms with Crippen LogP contribution < -0.4 is 25.4 Å². The van der Waals surface area contributed by atoms with Gasteiger partial charge in [-0.1, -0.05) is 43.3 Å². The summed E-state index contributed by atoms with van der Waals surface area (Å²) < 4.78 is 10.8. The van der Waals surface area contributed by atoms with E-state index in [2.05, 4.69) is 17.3 Å². The Morgan fingerprint density at radius 1 is 1.28 bits per heavy atom. The van der Waals surface area contributed by atoms with Crippen LogP contribution in [0.4, 0.5) is 5.69 Å². The number of hydrogen-bond acceptors (Lipinski definition) is 9. The summed E-state index contributed by atoms with van der Waals surface area (Å²) in [6.07, 6.45) is 1.08. The van der Waals surface area contributed by atoms with Crippen molar-refractivity contribution < 1.29 is 19.2 Å². The summed E-state index contributed by atoms with van der Waals surface area (Å²) in [6, 6.07) is 10.1. The van der Waals surface area contributed by atoms with Crippen molar-refractivity contribution in [2.45, 2.75) is 25.9 Å². The number of nitrogens with one attached hydrogen (secondary N) is 1. The summed E-state index contributed by atoms with van der Waals surface area (Å²) in [5.74, 6) is 1.16. The lowest BCUT2D eigenvalue weighted by Crippen LogP contribution is -2.50. The summed E-state index contributed by atoms with van der Waals surface area (Å²) in [5, 5.41) is 22.5. The Bertz CT molecular complexity index is 1280. The van der Waals surface area contributed by atoms with Gasteiger partial charge in [0.2, 0.25) is 6.79 Å². The summed E-state index contributed by atoms with van der Waals surface area (Å²) in [5.41, 5.74) is 0.387. The minimum Gasteiger partial charge on any atom is -0.454 e. The molecule has 1 atom stereocenters. The van der Waals surface area contributed by atoms with Gasteiger partial charge < -0.3 is 9.47 Å². The summed E-state index contributed by atoms with van der Waals surface area (Å²) >= 11 is 1.43. The topological polar surface area (TPSA) is 119 Å². The summed E-state index contributed by atoms with van der Waals surface area (Å²) in [4.78, 5) is 29.3. The Balaban J connectivity index is 1.69. The molecule has 10 nitrogen and oxygen atoms in total. The van der Waals surface area contributed by atoms with Crippen molar-refractivity contribution in [3.05, 3.63) is 62.7 Å². The molecule has 0 saturated heterocycles. The van der Waals surface area contributed by atoms with Gasteiger partial charge in [-0.05, 0) is 18.6 Å². The molecule has 32 heavy (non-hydrogen) atoms. The molecule has 2 aromatic carbocycles. The number of amides is 1. The molecule has 164 valence electrons. The molecule has 3 aliphatic rings. The number of unbranched alkanes of at least 4 members (excludes halogenated alkanes) is 1. The first-order chi connectivity index (χ1) is 15.6. The molecule has 0 aromatic heterocycles. The predicted octanol–water partition coefficient (Wildman–Crippen LogP) is 2.00. The van der Waals surface area contributed by atoms with Crippen molar-refractivity contribution in [2.24, 2.45) is 10.1 Å². The molecule has 2 aromatic rings. The van der Waals surface area contributed by atoms with E-state index < -0.39 is 11.1 Å². The van der Waals surface area contributed by atoms with Crippen LogP contribution in [0.2, 0.25) is 0 Å². The third kappa shape index (κ3) is 3.44. The zero-order valence-electron chi connectivity index (χ0n) is 17.1. The number of nitro benzene ring substituents is 1. The number of rotatable bonds is 5. The molecule has 0 aliphatic carbocycles. The molecular formula is C21H19N5O5S. The number of thioether (sulfide) groups is 1.